The fourth-order valence-corrected chi connectivity index (χ4v) is 3.25. The van der Waals surface area contributed by atoms with Crippen LogP contribution in [0.4, 0.5) is 5.69 Å². The summed E-state index contributed by atoms with van der Waals surface area (Å²) < 4.78 is 0. The summed E-state index contributed by atoms with van der Waals surface area (Å²) in [6, 6.07) is 16.1. The van der Waals surface area contributed by atoms with E-state index < -0.39 is 4.92 Å². The van der Waals surface area contributed by atoms with Gasteiger partial charge in [0.2, 0.25) is 5.91 Å². The molecule has 0 radical (unpaired) electrons. The molecule has 1 amide bonds. The van der Waals surface area contributed by atoms with Crippen molar-refractivity contribution in [1.29, 1.82) is 0 Å². The zero-order valence-electron chi connectivity index (χ0n) is 14.5. The van der Waals surface area contributed by atoms with Crippen LogP contribution in [0.1, 0.15) is 42.9 Å². The number of nitro benzene ring substituents is 1. The first kappa shape index (κ1) is 18.0. The minimum atomic E-state index is -0.406. The maximum absolute atomic E-state index is 12.6. The Hall–Kier alpha value is -2.77. The number of carbonyl (C=O) groups excluding carboxylic acids is 1. The molecule has 7 nitrogen and oxygen atoms in total. The highest BCUT2D eigenvalue weighted by atomic mass is 16.6. The van der Waals surface area contributed by atoms with Crippen molar-refractivity contribution >= 4 is 11.6 Å². The lowest BCUT2D eigenvalue weighted by molar-refractivity contribution is -0.384. The van der Waals surface area contributed by atoms with E-state index in [9.17, 15) is 14.9 Å². The van der Waals surface area contributed by atoms with Gasteiger partial charge in [0.15, 0.2) is 0 Å². The molecule has 7 heteroatoms. The van der Waals surface area contributed by atoms with Crippen molar-refractivity contribution in [2.45, 2.75) is 37.9 Å². The number of nitrogens with one attached hydrogen (secondary N) is 3. The summed E-state index contributed by atoms with van der Waals surface area (Å²) in [5.41, 5.74) is 8.04. The first-order chi connectivity index (χ1) is 12.6. The second-order valence-electron chi connectivity index (χ2n) is 6.36. The molecular weight excluding hydrogens is 332 g/mol. The van der Waals surface area contributed by atoms with E-state index in [4.69, 9.17) is 0 Å². The van der Waals surface area contributed by atoms with Crippen molar-refractivity contribution < 1.29 is 9.72 Å². The minimum Gasteiger partial charge on any atom is -0.339 e. The van der Waals surface area contributed by atoms with Gasteiger partial charge in [0.1, 0.15) is 0 Å². The fourth-order valence-electron chi connectivity index (χ4n) is 3.25. The summed E-state index contributed by atoms with van der Waals surface area (Å²) in [5, 5.41) is 14.0. The monoisotopic (exact) mass is 354 g/mol. The zero-order chi connectivity index (χ0) is 18.5. The summed E-state index contributed by atoms with van der Waals surface area (Å²) in [5.74, 6) is -0.229. The molecule has 0 saturated carbocycles. The van der Waals surface area contributed by atoms with E-state index in [1.165, 1.54) is 6.07 Å². The molecule has 1 saturated heterocycles. The Morgan fingerprint density at radius 2 is 2.00 bits per heavy atom. The molecule has 1 heterocycles. The molecule has 3 unspecified atom stereocenters. The number of hydrogen-bond acceptors (Lipinski definition) is 5. The molecule has 1 fully saturated rings. The maximum atomic E-state index is 12.6. The topological polar surface area (TPSA) is 96.3 Å². The number of benzene rings is 2. The van der Waals surface area contributed by atoms with Gasteiger partial charge in [-0.05, 0) is 17.5 Å². The molecule has 3 N–H and O–H groups in total. The van der Waals surface area contributed by atoms with Gasteiger partial charge in [-0.25, -0.2) is 10.9 Å². The highest BCUT2D eigenvalue weighted by molar-refractivity contribution is 5.83. The van der Waals surface area contributed by atoms with Gasteiger partial charge < -0.3 is 5.32 Å². The Labute approximate surface area is 151 Å². The van der Waals surface area contributed by atoms with Crippen LogP contribution < -0.4 is 16.2 Å². The molecule has 0 bridgehead atoms. The maximum Gasteiger partial charge on any atom is 0.269 e. The average molecular weight is 354 g/mol. The van der Waals surface area contributed by atoms with Crippen molar-refractivity contribution in [3.63, 3.8) is 0 Å². The predicted molar refractivity (Wildman–Crippen MR) is 98.1 cm³/mol. The van der Waals surface area contributed by atoms with Gasteiger partial charge in [-0.3, -0.25) is 14.9 Å². The molecule has 3 rings (SSSR count). The SMILES string of the molecule is CCC(C(=O)NC1CC(c2cccc([N+](=O)[O-])c2)NN1)c1ccccc1. The van der Waals surface area contributed by atoms with Crippen LogP contribution in [0, 0.1) is 10.1 Å². The number of non-ortho nitro benzene ring substituents is 1. The Morgan fingerprint density at radius 3 is 2.69 bits per heavy atom. The average Bonchev–Trinajstić information content (AvgIpc) is 3.12. The molecule has 1 aliphatic rings. The van der Waals surface area contributed by atoms with Gasteiger partial charge in [-0.15, -0.1) is 0 Å². The van der Waals surface area contributed by atoms with E-state index in [0.717, 1.165) is 11.1 Å². The fraction of sp³-hybridized carbons (Fsp3) is 0.316. The van der Waals surface area contributed by atoms with Gasteiger partial charge in [0.05, 0.1) is 17.0 Å². The first-order valence-corrected chi connectivity index (χ1v) is 8.69. The Morgan fingerprint density at radius 1 is 1.23 bits per heavy atom. The molecule has 2 aromatic rings. The number of rotatable bonds is 6. The highest BCUT2D eigenvalue weighted by Crippen LogP contribution is 2.25. The summed E-state index contributed by atoms with van der Waals surface area (Å²) in [6.45, 7) is 1.99. The van der Waals surface area contributed by atoms with Crippen LogP contribution in [0.25, 0.3) is 0 Å². The lowest BCUT2D eigenvalue weighted by Crippen LogP contribution is -2.45. The lowest BCUT2D eigenvalue weighted by atomic mass is 9.95. The van der Waals surface area contributed by atoms with E-state index in [1.54, 1.807) is 12.1 Å². The molecule has 0 aromatic heterocycles. The standard InChI is InChI=1S/C19H22N4O3/c1-2-16(13-7-4-3-5-8-13)19(24)20-18-12-17(21-22-18)14-9-6-10-15(11-14)23(25)26/h3-11,16-18,21-22H,2,12H2,1H3,(H,20,24). The van der Waals surface area contributed by atoms with E-state index in [2.05, 4.69) is 16.2 Å². The lowest BCUT2D eigenvalue weighted by Gasteiger charge is -2.19. The van der Waals surface area contributed by atoms with Gasteiger partial charge in [-0.2, -0.15) is 0 Å². The first-order valence-electron chi connectivity index (χ1n) is 8.69. The zero-order valence-corrected chi connectivity index (χ0v) is 14.5. The van der Waals surface area contributed by atoms with Gasteiger partial charge in [0, 0.05) is 24.6 Å². The number of amides is 1. The summed E-state index contributed by atoms with van der Waals surface area (Å²) in [4.78, 5) is 23.2. The van der Waals surface area contributed by atoms with Crippen LogP contribution in [0.2, 0.25) is 0 Å². The van der Waals surface area contributed by atoms with Crippen molar-refractivity contribution in [2.24, 2.45) is 0 Å². The third kappa shape index (κ3) is 4.07. The number of carbonyl (C=O) groups is 1. The van der Waals surface area contributed by atoms with E-state index in [0.29, 0.717) is 12.8 Å². The van der Waals surface area contributed by atoms with E-state index >= 15 is 0 Å². The van der Waals surface area contributed by atoms with Crippen LogP contribution in [0.3, 0.4) is 0 Å². The Kier molecular flexibility index (Phi) is 5.60. The Bertz CT molecular complexity index is 781. The van der Waals surface area contributed by atoms with Gasteiger partial charge in [-0.1, -0.05) is 49.4 Å². The number of hydrogen-bond donors (Lipinski definition) is 3. The van der Waals surface area contributed by atoms with Gasteiger partial charge >= 0.3 is 0 Å². The summed E-state index contributed by atoms with van der Waals surface area (Å²) in [7, 11) is 0. The van der Waals surface area contributed by atoms with E-state index in [-0.39, 0.29) is 29.7 Å². The molecule has 136 valence electrons. The normalized spacial score (nSPS) is 20.5. The van der Waals surface area contributed by atoms with Crippen LogP contribution in [-0.4, -0.2) is 17.0 Å². The smallest absolute Gasteiger partial charge is 0.269 e. The second kappa shape index (κ2) is 8.07. The van der Waals surface area contributed by atoms with Crippen LogP contribution in [0.5, 0.6) is 0 Å². The van der Waals surface area contributed by atoms with Gasteiger partial charge in [0.25, 0.3) is 5.69 Å². The predicted octanol–water partition coefficient (Wildman–Crippen LogP) is 2.77. The Balaban J connectivity index is 1.63. The number of hydrazine groups is 1. The third-order valence-corrected chi connectivity index (χ3v) is 4.63. The largest absolute Gasteiger partial charge is 0.339 e. The molecule has 2 aromatic carbocycles. The molecule has 0 spiro atoms. The number of nitrogens with zero attached hydrogens (tertiary/aromatic N) is 1. The highest BCUT2D eigenvalue weighted by Gasteiger charge is 2.29. The molecule has 3 atom stereocenters. The molecule has 0 aliphatic carbocycles. The van der Waals surface area contributed by atoms with Crippen LogP contribution >= 0.6 is 0 Å². The van der Waals surface area contributed by atoms with Crippen molar-refractivity contribution in [3.05, 3.63) is 75.8 Å². The second-order valence-corrected chi connectivity index (χ2v) is 6.36. The quantitative estimate of drug-likeness (QED) is 0.547. The minimum absolute atomic E-state index is 0.0299. The summed E-state index contributed by atoms with van der Waals surface area (Å²) in [6.07, 6.45) is 1.09. The third-order valence-electron chi connectivity index (χ3n) is 4.63. The molecule has 1 aliphatic heterocycles. The molecular formula is C19H22N4O3. The van der Waals surface area contributed by atoms with Crippen molar-refractivity contribution in [1.82, 2.24) is 16.2 Å². The van der Waals surface area contributed by atoms with Crippen molar-refractivity contribution in [2.75, 3.05) is 0 Å². The van der Waals surface area contributed by atoms with Crippen LogP contribution in [0.15, 0.2) is 54.6 Å². The molecule has 26 heavy (non-hydrogen) atoms. The summed E-state index contributed by atoms with van der Waals surface area (Å²) >= 11 is 0. The van der Waals surface area contributed by atoms with E-state index in [1.807, 2.05) is 43.3 Å². The number of nitro groups is 1. The van der Waals surface area contributed by atoms with Crippen LogP contribution in [-0.2, 0) is 4.79 Å². The van der Waals surface area contributed by atoms with Crippen molar-refractivity contribution in [3.8, 4) is 0 Å².